The first-order valence-corrected chi connectivity index (χ1v) is 10.2. The van der Waals surface area contributed by atoms with Gasteiger partial charge in [0.2, 0.25) is 0 Å². The summed E-state index contributed by atoms with van der Waals surface area (Å²) in [5, 5.41) is 14.9. The van der Waals surface area contributed by atoms with Crippen LogP contribution in [0.5, 0.6) is 0 Å². The molecule has 3 aliphatic heterocycles. The number of amidine groups is 1. The smallest absolute Gasteiger partial charge is 0.153 e. The van der Waals surface area contributed by atoms with E-state index in [9.17, 15) is 0 Å². The molecule has 7 nitrogen and oxygen atoms in total. The lowest BCUT2D eigenvalue weighted by molar-refractivity contribution is 0.430. The minimum absolute atomic E-state index is 0.108. The van der Waals surface area contributed by atoms with Crippen molar-refractivity contribution in [2.24, 2.45) is 15.9 Å². The van der Waals surface area contributed by atoms with E-state index in [0.717, 1.165) is 54.6 Å². The summed E-state index contributed by atoms with van der Waals surface area (Å²) in [6.07, 6.45) is 9.89. The number of aliphatic imine (C=N–C) groups is 2. The van der Waals surface area contributed by atoms with Gasteiger partial charge in [0.15, 0.2) is 5.84 Å². The molecule has 0 amide bonds. The highest BCUT2D eigenvalue weighted by molar-refractivity contribution is 6.49. The third kappa shape index (κ3) is 3.54. The van der Waals surface area contributed by atoms with Gasteiger partial charge >= 0.3 is 0 Å². The van der Waals surface area contributed by atoms with Crippen LogP contribution in [-0.2, 0) is 6.54 Å². The van der Waals surface area contributed by atoms with Gasteiger partial charge in [-0.25, -0.2) is 4.99 Å². The summed E-state index contributed by atoms with van der Waals surface area (Å²) in [7, 11) is 0. The first-order valence-electron chi connectivity index (χ1n) is 10.2. The number of hydrogen-bond acceptors (Lipinski definition) is 6. The second kappa shape index (κ2) is 7.77. The maximum Gasteiger partial charge on any atom is 0.153 e. The monoisotopic (exact) mass is 387 g/mol. The van der Waals surface area contributed by atoms with E-state index in [1.807, 2.05) is 23.3 Å². The van der Waals surface area contributed by atoms with Crippen molar-refractivity contribution in [1.82, 2.24) is 20.4 Å². The molecule has 0 aliphatic carbocycles. The summed E-state index contributed by atoms with van der Waals surface area (Å²) in [4.78, 5) is 9.26. The van der Waals surface area contributed by atoms with Crippen LogP contribution in [0.2, 0.25) is 0 Å². The summed E-state index contributed by atoms with van der Waals surface area (Å²) in [5.41, 5.74) is 5.52. The number of allylic oxidation sites excluding steroid dienone is 2. The molecule has 1 aromatic heterocycles. The van der Waals surface area contributed by atoms with E-state index in [1.165, 1.54) is 5.56 Å². The van der Waals surface area contributed by atoms with E-state index in [-0.39, 0.29) is 5.92 Å². The average Bonchev–Trinajstić information content (AvgIpc) is 3.42. The Labute approximate surface area is 170 Å². The summed E-state index contributed by atoms with van der Waals surface area (Å²) >= 11 is 0. The number of piperazine rings is 1. The van der Waals surface area contributed by atoms with Gasteiger partial charge in [0.05, 0.1) is 17.8 Å². The van der Waals surface area contributed by atoms with Crippen molar-refractivity contribution in [3.63, 3.8) is 0 Å². The molecule has 0 bridgehead atoms. The first kappa shape index (κ1) is 18.0. The van der Waals surface area contributed by atoms with E-state index >= 15 is 0 Å². The van der Waals surface area contributed by atoms with E-state index < -0.39 is 0 Å². The topological polar surface area (TPSA) is 78.6 Å². The zero-order valence-corrected chi connectivity index (χ0v) is 16.5. The Balaban J connectivity index is 1.33. The molecule has 2 unspecified atom stereocenters. The van der Waals surface area contributed by atoms with Gasteiger partial charge in [0.1, 0.15) is 0 Å². The molecule has 0 radical (unpaired) electrons. The number of aryl methyl sites for hydroxylation is 1. The fourth-order valence-corrected chi connectivity index (χ4v) is 4.01. The molecule has 4 heterocycles. The average molecular weight is 387 g/mol. The molecular weight excluding hydrogens is 362 g/mol. The van der Waals surface area contributed by atoms with Gasteiger partial charge in [0.25, 0.3) is 0 Å². The molecule has 1 aromatic carbocycles. The molecule has 3 N–H and O–H groups in total. The largest absolute Gasteiger partial charge is 0.339 e. The number of aromatic nitrogens is 2. The fourth-order valence-electron chi connectivity index (χ4n) is 4.01. The predicted octanol–water partition coefficient (Wildman–Crippen LogP) is 2.59. The molecule has 148 valence electrons. The maximum absolute atomic E-state index is 4.69. The Morgan fingerprint density at radius 1 is 1.24 bits per heavy atom. The van der Waals surface area contributed by atoms with Crippen LogP contribution in [0.4, 0.5) is 5.69 Å². The van der Waals surface area contributed by atoms with Crippen LogP contribution in [0, 0.1) is 5.92 Å². The Bertz CT molecular complexity index is 1020. The SMILES string of the molecule is CCn1cc(C2=CN=C3C(Nc4cccc(C5CNCCN5)c4)=NC=CC23)cn1. The predicted molar refractivity (Wildman–Crippen MR) is 117 cm³/mol. The van der Waals surface area contributed by atoms with Gasteiger partial charge in [-0.1, -0.05) is 18.2 Å². The Morgan fingerprint density at radius 3 is 3.03 bits per heavy atom. The maximum atomic E-state index is 4.69. The van der Waals surface area contributed by atoms with Gasteiger partial charge in [-0.15, -0.1) is 0 Å². The Morgan fingerprint density at radius 2 is 2.21 bits per heavy atom. The molecule has 1 saturated heterocycles. The third-order valence-electron chi connectivity index (χ3n) is 5.58. The van der Waals surface area contributed by atoms with Crippen LogP contribution < -0.4 is 16.0 Å². The van der Waals surface area contributed by atoms with Crippen LogP contribution in [0.15, 0.2) is 65.1 Å². The number of benzene rings is 1. The van der Waals surface area contributed by atoms with Crippen LogP contribution in [0.25, 0.3) is 5.57 Å². The van der Waals surface area contributed by atoms with Crippen molar-refractivity contribution >= 4 is 22.8 Å². The van der Waals surface area contributed by atoms with Crippen molar-refractivity contribution in [2.45, 2.75) is 19.5 Å². The lowest BCUT2D eigenvalue weighted by atomic mass is 9.91. The van der Waals surface area contributed by atoms with Crippen molar-refractivity contribution in [2.75, 3.05) is 25.0 Å². The number of nitrogens with zero attached hydrogens (tertiary/aromatic N) is 4. The van der Waals surface area contributed by atoms with Crippen LogP contribution in [-0.4, -0.2) is 41.0 Å². The highest BCUT2D eigenvalue weighted by Gasteiger charge is 2.30. The van der Waals surface area contributed by atoms with Crippen LogP contribution >= 0.6 is 0 Å². The minimum Gasteiger partial charge on any atom is -0.339 e. The van der Waals surface area contributed by atoms with Crippen molar-refractivity contribution in [3.05, 3.63) is 66.3 Å². The van der Waals surface area contributed by atoms with Gasteiger partial charge in [-0.05, 0) is 30.2 Å². The standard InChI is InChI=1S/C22H25N7/c1-2-29-14-16(11-27-29)19-12-26-21-18(19)6-7-25-22(21)28-17-5-3-4-15(10-17)20-13-23-8-9-24-20/h3-7,10-12,14,18,20,23-24H,2,8-9,13H2,1H3,(H,25,28). The molecule has 0 saturated carbocycles. The van der Waals surface area contributed by atoms with Crippen LogP contribution in [0.3, 0.4) is 0 Å². The number of fused-ring (bicyclic) bond motifs is 1. The van der Waals surface area contributed by atoms with Crippen molar-refractivity contribution in [3.8, 4) is 0 Å². The summed E-state index contributed by atoms with van der Waals surface area (Å²) in [6.45, 7) is 5.90. The van der Waals surface area contributed by atoms with Gasteiger partial charge in [0, 0.05) is 62.1 Å². The zero-order chi connectivity index (χ0) is 19.6. The van der Waals surface area contributed by atoms with Gasteiger partial charge in [-0.2, -0.15) is 5.10 Å². The Hall–Kier alpha value is -3.03. The van der Waals surface area contributed by atoms with Crippen molar-refractivity contribution < 1.29 is 0 Å². The summed E-state index contributed by atoms with van der Waals surface area (Å²) in [6, 6.07) is 8.85. The molecule has 0 spiro atoms. The van der Waals surface area contributed by atoms with E-state index in [4.69, 9.17) is 4.99 Å². The summed E-state index contributed by atoms with van der Waals surface area (Å²) in [5.74, 6) is 0.912. The lowest BCUT2D eigenvalue weighted by Crippen LogP contribution is -2.42. The quantitative estimate of drug-likeness (QED) is 0.754. The second-order valence-corrected chi connectivity index (χ2v) is 7.44. The molecule has 2 aromatic rings. The molecule has 2 atom stereocenters. The van der Waals surface area contributed by atoms with Crippen molar-refractivity contribution in [1.29, 1.82) is 0 Å². The fraction of sp³-hybridized carbons (Fsp3) is 0.318. The third-order valence-corrected chi connectivity index (χ3v) is 5.58. The molecule has 29 heavy (non-hydrogen) atoms. The van der Waals surface area contributed by atoms with E-state index in [1.54, 1.807) is 0 Å². The normalized spacial score (nSPS) is 23.3. The first-order chi connectivity index (χ1) is 14.3. The lowest BCUT2D eigenvalue weighted by Gasteiger charge is -2.25. The van der Waals surface area contributed by atoms with E-state index in [0.29, 0.717) is 6.04 Å². The second-order valence-electron chi connectivity index (χ2n) is 7.44. The highest BCUT2D eigenvalue weighted by Crippen LogP contribution is 2.33. The molecular formula is C22H25N7. The molecule has 7 heteroatoms. The number of nitrogens with one attached hydrogen (secondary N) is 3. The zero-order valence-electron chi connectivity index (χ0n) is 16.5. The number of rotatable bonds is 4. The van der Waals surface area contributed by atoms with Gasteiger partial charge < -0.3 is 16.0 Å². The summed E-state index contributed by atoms with van der Waals surface area (Å²) < 4.78 is 1.94. The Kier molecular flexibility index (Phi) is 4.83. The van der Waals surface area contributed by atoms with Crippen LogP contribution in [0.1, 0.15) is 24.1 Å². The number of hydrogen-bond donors (Lipinski definition) is 3. The molecule has 3 aliphatic rings. The minimum atomic E-state index is 0.108. The molecule has 5 rings (SSSR count). The highest BCUT2D eigenvalue weighted by atomic mass is 15.3. The van der Waals surface area contributed by atoms with E-state index in [2.05, 4.69) is 69.5 Å². The number of anilines is 1. The molecule has 1 fully saturated rings. The van der Waals surface area contributed by atoms with Gasteiger partial charge in [-0.3, -0.25) is 9.67 Å².